The van der Waals surface area contributed by atoms with Gasteiger partial charge >= 0.3 is 12.3 Å². The number of carboxylic acid groups (broad SMARTS) is 1. The molecule has 5 nitrogen and oxygen atoms in total. The fraction of sp³-hybridized carbons (Fsp3) is 0.412. The Morgan fingerprint density at radius 1 is 1.33 bits per heavy atom. The van der Waals surface area contributed by atoms with E-state index in [1.807, 2.05) is 0 Å². The monoisotopic (exact) mass is 426 g/mol. The van der Waals surface area contributed by atoms with Crippen molar-refractivity contribution in [3.63, 3.8) is 0 Å². The highest BCUT2D eigenvalue weighted by Gasteiger charge is 2.44. The zero-order chi connectivity index (χ0) is 21.0. The topological polar surface area (TPSA) is 69.6 Å². The number of carbonyl (C=O) groups excluding carboxylic acids is 1. The number of nitrogens with one attached hydrogen (secondary N) is 1. The summed E-state index contributed by atoms with van der Waals surface area (Å²) in [5, 5.41) is 11.8. The van der Waals surface area contributed by atoms with Gasteiger partial charge in [-0.3, -0.25) is 4.79 Å². The number of halogens is 5. The van der Waals surface area contributed by atoms with Crippen molar-refractivity contribution in [2.24, 2.45) is 0 Å². The Hall–Kier alpha value is -1.93. The van der Waals surface area contributed by atoms with Crippen LogP contribution in [0.2, 0.25) is 10.0 Å². The van der Waals surface area contributed by atoms with Gasteiger partial charge < -0.3 is 15.3 Å². The van der Waals surface area contributed by atoms with E-state index in [4.69, 9.17) is 23.2 Å². The van der Waals surface area contributed by atoms with Crippen LogP contribution in [0.25, 0.3) is 0 Å². The molecule has 1 aromatic carbocycles. The van der Waals surface area contributed by atoms with Crippen molar-refractivity contribution in [1.29, 1.82) is 0 Å². The highest BCUT2D eigenvalue weighted by Crippen LogP contribution is 2.37. The minimum absolute atomic E-state index is 0.0122. The number of benzene rings is 1. The van der Waals surface area contributed by atoms with Gasteiger partial charge in [0.2, 0.25) is 5.91 Å². The summed E-state index contributed by atoms with van der Waals surface area (Å²) in [4.78, 5) is 24.4. The van der Waals surface area contributed by atoms with E-state index in [1.165, 1.54) is 38.2 Å². The summed E-state index contributed by atoms with van der Waals surface area (Å²) in [5.41, 5.74) is -1.05. The van der Waals surface area contributed by atoms with Crippen LogP contribution < -0.4 is 5.32 Å². The molecular formula is C17H19Cl2F3N2O3. The Labute approximate surface area is 164 Å². The smallest absolute Gasteiger partial charge is 0.405 e. The molecule has 27 heavy (non-hydrogen) atoms. The van der Waals surface area contributed by atoms with E-state index in [0.717, 1.165) is 4.90 Å². The molecule has 150 valence electrons. The van der Waals surface area contributed by atoms with Gasteiger partial charge in [-0.2, -0.15) is 13.2 Å². The molecule has 0 saturated heterocycles. The third-order valence-electron chi connectivity index (χ3n) is 4.22. The fourth-order valence-electron chi connectivity index (χ4n) is 2.73. The van der Waals surface area contributed by atoms with E-state index < -0.39 is 36.2 Å². The molecule has 0 heterocycles. The van der Waals surface area contributed by atoms with Gasteiger partial charge in [-0.15, -0.1) is 6.58 Å². The minimum atomic E-state index is -4.69. The van der Waals surface area contributed by atoms with Crippen LogP contribution in [0.3, 0.4) is 0 Å². The van der Waals surface area contributed by atoms with Crippen molar-refractivity contribution in [2.45, 2.75) is 37.5 Å². The standard InChI is InChI=1S/C17H19Cl2F3N2O3/c1-4-7-16(2,24(3)13(25)9-17(20,21)22)14(23-15(26)27)10-5-6-11(18)12(19)8-10/h4-6,8,14,23H,1,7,9H2,2-3H3,(H,26,27). The molecule has 0 bridgehead atoms. The first-order chi connectivity index (χ1) is 12.3. The quantitative estimate of drug-likeness (QED) is 0.599. The second-order valence-electron chi connectivity index (χ2n) is 6.15. The van der Waals surface area contributed by atoms with Crippen LogP contribution >= 0.6 is 23.2 Å². The van der Waals surface area contributed by atoms with E-state index in [-0.39, 0.29) is 16.5 Å². The number of likely N-dealkylation sites (N-methyl/N-ethyl adjacent to an activating group) is 1. The molecule has 2 unspecified atom stereocenters. The van der Waals surface area contributed by atoms with Gasteiger partial charge in [-0.1, -0.05) is 35.3 Å². The Morgan fingerprint density at radius 3 is 2.37 bits per heavy atom. The Bertz CT molecular complexity index is 728. The van der Waals surface area contributed by atoms with Crippen molar-refractivity contribution in [3.8, 4) is 0 Å². The highest BCUT2D eigenvalue weighted by atomic mass is 35.5. The second kappa shape index (κ2) is 8.84. The molecule has 0 radical (unpaired) electrons. The third kappa shape index (κ3) is 6.04. The maximum Gasteiger partial charge on any atom is 0.405 e. The van der Waals surface area contributed by atoms with Crippen molar-refractivity contribution < 1.29 is 27.9 Å². The normalized spacial score (nSPS) is 14.8. The Morgan fingerprint density at radius 2 is 1.93 bits per heavy atom. The zero-order valence-electron chi connectivity index (χ0n) is 14.6. The van der Waals surface area contributed by atoms with Crippen molar-refractivity contribution in [2.75, 3.05) is 7.05 Å². The van der Waals surface area contributed by atoms with Gasteiger partial charge in [0.25, 0.3) is 0 Å². The summed E-state index contributed by atoms with van der Waals surface area (Å²) in [6, 6.07) is 3.22. The van der Waals surface area contributed by atoms with Gasteiger partial charge in [0.1, 0.15) is 6.42 Å². The maximum atomic E-state index is 12.7. The Kier molecular flexibility index (Phi) is 7.57. The molecule has 0 saturated carbocycles. The summed E-state index contributed by atoms with van der Waals surface area (Å²) in [5.74, 6) is -1.20. The van der Waals surface area contributed by atoms with Gasteiger partial charge in [-0.25, -0.2) is 4.79 Å². The first-order valence-electron chi connectivity index (χ1n) is 7.70. The predicted molar refractivity (Wildman–Crippen MR) is 97.0 cm³/mol. The highest BCUT2D eigenvalue weighted by molar-refractivity contribution is 6.42. The number of hydrogen-bond acceptors (Lipinski definition) is 2. The number of nitrogens with zero attached hydrogens (tertiary/aromatic N) is 1. The van der Waals surface area contributed by atoms with Crippen molar-refractivity contribution >= 4 is 35.2 Å². The first-order valence-corrected chi connectivity index (χ1v) is 8.46. The second-order valence-corrected chi connectivity index (χ2v) is 6.97. The molecule has 2 atom stereocenters. The summed E-state index contributed by atoms with van der Waals surface area (Å²) in [7, 11) is 1.19. The molecule has 1 aromatic rings. The molecule has 2 N–H and O–H groups in total. The fourth-order valence-corrected chi connectivity index (χ4v) is 3.04. The molecule has 0 spiro atoms. The van der Waals surface area contributed by atoms with Crippen LogP contribution in [0.1, 0.15) is 31.4 Å². The number of rotatable bonds is 7. The molecular weight excluding hydrogens is 408 g/mol. The van der Waals surface area contributed by atoms with Crippen LogP contribution in [-0.2, 0) is 4.79 Å². The summed E-state index contributed by atoms with van der Waals surface area (Å²) in [6.45, 7) is 5.03. The predicted octanol–water partition coefficient (Wildman–Crippen LogP) is 5.05. The van der Waals surface area contributed by atoms with E-state index >= 15 is 0 Å². The van der Waals surface area contributed by atoms with Crippen molar-refractivity contribution in [3.05, 3.63) is 46.5 Å². The lowest BCUT2D eigenvalue weighted by Gasteiger charge is -2.44. The van der Waals surface area contributed by atoms with Crippen molar-refractivity contribution in [1.82, 2.24) is 10.2 Å². The maximum absolute atomic E-state index is 12.7. The largest absolute Gasteiger partial charge is 0.465 e. The number of amides is 2. The number of hydrogen-bond donors (Lipinski definition) is 2. The molecule has 0 aliphatic rings. The lowest BCUT2D eigenvalue weighted by molar-refractivity contribution is -0.165. The molecule has 0 fully saturated rings. The van der Waals surface area contributed by atoms with Crippen LogP contribution in [-0.4, -0.2) is 40.8 Å². The van der Waals surface area contributed by atoms with Gasteiger partial charge in [0, 0.05) is 7.05 Å². The van der Waals surface area contributed by atoms with Crippen LogP contribution in [0.15, 0.2) is 30.9 Å². The lowest BCUT2D eigenvalue weighted by Crippen LogP contribution is -2.56. The van der Waals surface area contributed by atoms with Crippen LogP contribution in [0, 0.1) is 0 Å². The van der Waals surface area contributed by atoms with E-state index in [0.29, 0.717) is 5.56 Å². The average Bonchev–Trinajstić information content (AvgIpc) is 2.53. The molecule has 0 aliphatic heterocycles. The average molecular weight is 427 g/mol. The van der Waals surface area contributed by atoms with Gasteiger partial charge in [0.05, 0.1) is 21.6 Å². The number of carbonyl (C=O) groups is 2. The zero-order valence-corrected chi connectivity index (χ0v) is 16.1. The molecule has 0 aliphatic carbocycles. The lowest BCUT2D eigenvalue weighted by atomic mass is 9.82. The minimum Gasteiger partial charge on any atom is -0.465 e. The molecule has 1 rings (SSSR count). The summed E-state index contributed by atoms with van der Waals surface area (Å²) in [6.07, 6.45) is -6.38. The van der Waals surface area contributed by atoms with Crippen LogP contribution in [0.4, 0.5) is 18.0 Å². The van der Waals surface area contributed by atoms with Gasteiger partial charge in [0.15, 0.2) is 0 Å². The Balaban J connectivity index is 3.44. The van der Waals surface area contributed by atoms with E-state index in [9.17, 15) is 27.9 Å². The molecule has 0 aromatic heterocycles. The van der Waals surface area contributed by atoms with E-state index in [2.05, 4.69) is 11.9 Å². The molecule has 10 heteroatoms. The molecule has 2 amide bonds. The summed E-state index contributed by atoms with van der Waals surface area (Å²) < 4.78 is 38.0. The summed E-state index contributed by atoms with van der Waals surface area (Å²) >= 11 is 11.9. The first kappa shape index (κ1) is 23.1. The van der Waals surface area contributed by atoms with Gasteiger partial charge in [-0.05, 0) is 31.0 Å². The number of alkyl halides is 3. The third-order valence-corrected chi connectivity index (χ3v) is 4.96. The SMILES string of the molecule is C=CCC(C)(C(NC(=O)O)c1ccc(Cl)c(Cl)c1)N(C)C(=O)CC(F)(F)F. The van der Waals surface area contributed by atoms with E-state index in [1.54, 1.807) is 0 Å². The van der Waals surface area contributed by atoms with Crippen LogP contribution in [0.5, 0.6) is 0 Å².